The summed E-state index contributed by atoms with van der Waals surface area (Å²) in [6.45, 7) is 1.32. The van der Waals surface area contributed by atoms with Gasteiger partial charge in [-0.1, -0.05) is 53.0 Å². The molecule has 1 aliphatic heterocycles. The normalized spacial score (nSPS) is 15.0. The van der Waals surface area contributed by atoms with E-state index in [1.54, 1.807) is 18.1 Å². The summed E-state index contributed by atoms with van der Waals surface area (Å²) >= 11 is 18.1. The van der Waals surface area contributed by atoms with Gasteiger partial charge in [-0.05, 0) is 42.5 Å². The smallest absolute Gasteiger partial charge is 0.321 e. The first-order valence-electron chi connectivity index (χ1n) is 8.33. The second kappa shape index (κ2) is 8.38. The van der Waals surface area contributed by atoms with Gasteiger partial charge < -0.3 is 15.0 Å². The number of nitrogens with zero attached hydrogens (tertiary/aromatic N) is 1. The highest BCUT2D eigenvalue weighted by Crippen LogP contribution is 2.35. The van der Waals surface area contributed by atoms with E-state index in [1.165, 1.54) is 11.6 Å². The van der Waals surface area contributed by atoms with E-state index in [-0.39, 0.29) is 6.03 Å². The van der Waals surface area contributed by atoms with Crippen molar-refractivity contribution in [2.24, 2.45) is 0 Å². The number of carbonyl (C=O) groups excluding carboxylic acids is 1. The molecular formula is C19H19Cl3N2O2. The van der Waals surface area contributed by atoms with E-state index in [0.717, 1.165) is 18.6 Å². The lowest BCUT2D eigenvalue weighted by Crippen LogP contribution is -2.40. The zero-order chi connectivity index (χ0) is 18.7. The van der Waals surface area contributed by atoms with E-state index in [9.17, 15) is 4.79 Å². The molecule has 1 aliphatic rings. The zero-order valence-electron chi connectivity index (χ0n) is 14.3. The molecule has 2 aromatic rings. The maximum absolute atomic E-state index is 12.5. The fraction of sp³-hybridized carbons (Fsp3) is 0.316. The minimum atomic E-state index is -0.191. The van der Waals surface area contributed by atoms with Crippen LogP contribution in [0.4, 0.5) is 10.5 Å². The Balaban J connectivity index is 1.63. The number of carbonyl (C=O) groups is 1. The van der Waals surface area contributed by atoms with Crippen LogP contribution in [0.15, 0.2) is 36.4 Å². The Bertz CT molecular complexity index is 805. The zero-order valence-corrected chi connectivity index (χ0v) is 16.5. The Morgan fingerprint density at radius 3 is 2.42 bits per heavy atom. The maximum atomic E-state index is 12.5. The van der Waals surface area contributed by atoms with Crippen molar-refractivity contribution < 1.29 is 9.53 Å². The molecule has 1 saturated heterocycles. The van der Waals surface area contributed by atoms with Gasteiger partial charge in [0.25, 0.3) is 0 Å². The molecule has 0 bridgehead atoms. The number of hydrogen-bond donors (Lipinski definition) is 1. The van der Waals surface area contributed by atoms with Gasteiger partial charge in [0.05, 0.1) is 27.9 Å². The number of ether oxygens (including phenoxy) is 1. The second-order valence-electron chi connectivity index (χ2n) is 6.18. The highest BCUT2D eigenvalue weighted by atomic mass is 35.5. The summed E-state index contributed by atoms with van der Waals surface area (Å²) in [5, 5.41) is 3.87. The lowest BCUT2D eigenvalue weighted by molar-refractivity contribution is 0.194. The van der Waals surface area contributed by atoms with E-state index in [4.69, 9.17) is 39.5 Å². The number of amides is 2. The van der Waals surface area contributed by atoms with Crippen molar-refractivity contribution in [2.45, 2.75) is 18.8 Å². The highest BCUT2D eigenvalue weighted by Gasteiger charge is 2.26. The number of piperidine rings is 1. The topological polar surface area (TPSA) is 41.6 Å². The molecule has 138 valence electrons. The monoisotopic (exact) mass is 412 g/mol. The number of benzene rings is 2. The van der Waals surface area contributed by atoms with Gasteiger partial charge in [0.1, 0.15) is 5.75 Å². The van der Waals surface area contributed by atoms with E-state index < -0.39 is 0 Å². The first-order valence-corrected chi connectivity index (χ1v) is 9.46. The fourth-order valence-corrected chi connectivity index (χ4v) is 3.80. The number of likely N-dealkylation sites (tertiary alicyclic amines) is 1. The molecule has 0 radical (unpaired) electrons. The molecule has 2 amide bonds. The molecule has 26 heavy (non-hydrogen) atoms. The van der Waals surface area contributed by atoms with E-state index in [2.05, 4.69) is 11.4 Å². The van der Waals surface area contributed by atoms with Crippen molar-refractivity contribution in [2.75, 3.05) is 25.5 Å². The Morgan fingerprint density at radius 2 is 1.73 bits per heavy atom. The van der Waals surface area contributed by atoms with Crippen LogP contribution in [0.3, 0.4) is 0 Å². The molecule has 1 heterocycles. The van der Waals surface area contributed by atoms with Crippen LogP contribution in [0.5, 0.6) is 5.75 Å². The molecule has 0 unspecified atom stereocenters. The Morgan fingerprint density at radius 1 is 1.08 bits per heavy atom. The van der Waals surface area contributed by atoms with Crippen LogP contribution in [0.2, 0.25) is 15.1 Å². The van der Waals surface area contributed by atoms with E-state index in [1.807, 2.05) is 18.2 Å². The molecule has 3 rings (SSSR count). The van der Waals surface area contributed by atoms with Crippen molar-refractivity contribution in [1.29, 1.82) is 0 Å². The number of hydrogen-bond acceptors (Lipinski definition) is 2. The Labute approximate surface area is 168 Å². The Kier molecular flexibility index (Phi) is 6.17. The van der Waals surface area contributed by atoms with Gasteiger partial charge >= 0.3 is 6.03 Å². The molecule has 1 fully saturated rings. The molecule has 0 atom stereocenters. The quantitative estimate of drug-likeness (QED) is 0.621. The number of anilines is 1. The molecule has 7 heteroatoms. The third-order valence-corrected chi connectivity index (χ3v) is 5.65. The average Bonchev–Trinajstić information content (AvgIpc) is 2.66. The summed E-state index contributed by atoms with van der Waals surface area (Å²) in [4.78, 5) is 14.3. The predicted octanol–water partition coefficient (Wildman–Crippen LogP) is 6.07. The fourth-order valence-electron chi connectivity index (χ4n) is 3.21. The van der Waals surface area contributed by atoms with Crippen molar-refractivity contribution >= 4 is 46.5 Å². The van der Waals surface area contributed by atoms with Gasteiger partial charge in [-0.2, -0.15) is 0 Å². The van der Waals surface area contributed by atoms with E-state index >= 15 is 0 Å². The minimum Gasteiger partial charge on any atom is -0.496 e. The van der Waals surface area contributed by atoms with Crippen molar-refractivity contribution in [3.63, 3.8) is 0 Å². The number of urea groups is 1. The molecule has 0 aromatic heterocycles. The lowest BCUT2D eigenvalue weighted by atomic mass is 9.89. The summed E-state index contributed by atoms with van der Waals surface area (Å²) in [7, 11) is 1.68. The number of methoxy groups -OCH3 is 1. The summed E-state index contributed by atoms with van der Waals surface area (Å²) in [6, 6.07) is 10.9. The predicted molar refractivity (Wildman–Crippen MR) is 107 cm³/mol. The largest absolute Gasteiger partial charge is 0.496 e. The van der Waals surface area contributed by atoms with Gasteiger partial charge in [-0.25, -0.2) is 4.79 Å². The number of rotatable bonds is 3. The molecule has 2 aromatic carbocycles. The van der Waals surface area contributed by atoms with Gasteiger partial charge in [0, 0.05) is 13.1 Å². The van der Waals surface area contributed by atoms with Crippen molar-refractivity contribution in [1.82, 2.24) is 4.90 Å². The minimum absolute atomic E-state index is 0.191. The first-order chi connectivity index (χ1) is 12.5. The molecular weight excluding hydrogens is 395 g/mol. The average molecular weight is 414 g/mol. The lowest BCUT2D eigenvalue weighted by Gasteiger charge is -2.32. The summed E-state index contributed by atoms with van der Waals surface area (Å²) in [5.41, 5.74) is 1.65. The second-order valence-corrected chi connectivity index (χ2v) is 7.40. The van der Waals surface area contributed by atoms with E-state index in [0.29, 0.717) is 39.8 Å². The Hall–Kier alpha value is -1.62. The standard InChI is InChI=1S/C19H19Cl3N2O2/c1-26-18-5-3-2-4-13(18)12-6-8-24(9-7-12)19(25)23-17-11-15(21)14(20)10-16(17)22/h2-5,10-12H,6-9H2,1H3,(H,23,25). The third-order valence-electron chi connectivity index (χ3n) is 4.61. The van der Waals surface area contributed by atoms with Crippen LogP contribution < -0.4 is 10.1 Å². The number of halogens is 3. The molecule has 0 saturated carbocycles. The van der Waals surface area contributed by atoms with Crippen LogP contribution in [-0.4, -0.2) is 31.1 Å². The van der Waals surface area contributed by atoms with Crippen LogP contribution >= 0.6 is 34.8 Å². The van der Waals surface area contributed by atoms with Crippen LogP contribution in [0.1, 0.15) is 24.3 Å². The molecule has 1 N–H and O–H groups in total. The molecule has 0 aliphatic carbocycles. The van der Waals surface area contributed by atoms with Crippen molar-refractivity contribution in [3.8, 4) is 5.75 Å². The van der Waals surface area contributed by atoms with Gasteiger partial charge in [0.15, 0.2) is 0 Å². The summed E-state index contributed by atoms with van der Waals surface area (Å²) in [5.74, 6) is 1.28. The van der Waals surface area contributed by atoms with Crippen LogP contribution in [0.25, 0.3) is 0 Å². The first kappa shape index (κ1) is 19.2. The highest BCUT2D eigenvalue weighted by molar-refractivity contribution is 6.44. The maximum Gasteiger partial charge on any atom is 0.321 e. The van der Waals surface area contributed by atoms with Gasteiger partial charge in [-0.3, -0.25) is 0 Å². The summed E-state index contributed by atoms with van der Waals surface area (Å²) in [6.07, 6.45) is 1.76. The summed E-state index contributed by atoms with van der Waals surface area (Å²) < 4.78 is 5.46. The van der Waals surface area contributed by atoms with Gasteiger partial charge in [-0.15, -0.1) is 0 Å². The van der Waals surface area contributed by atoms with Gasteiger partial charge in [0.2, 0.25) is 0 Å². The molecule has 4 nitrogen and oxygen atoms in total. The SMILES string of the molecule is COc1ccccc1C1CCN(C(=O)Nc2cc(Cl)c(Cl)cc2Cl)CC1. The third kappa shape index (κ3) is 4.20. The number of para-hydroxylation sites is 1. The van der Waals surface area contributed by atoms with Crippen LogP contribution in [0, 0.1) is 0 Å². The number of nitrogens with one attached hydrogen (secondary N) is 1. The molecule has 0 spiro atoms. The van der Waals surface area contributed by atoms with Crippen molar-refractivity contribution in [3.05, 3.63) is 57.0 Å². The van der Waals surface area contributed by atoms with Crippen LogP contribution in [-0.2, 0) is 0 Å².